The van der Waals surface area contributed by atoms with E-state index in [0.717, 1.165) is 24.6 Å². The van der Waals surface area contributed by atoms with E-state index >= 15 is 0 Å². The van der Waals surface area contributed by atoms with Crippen LogP contribution in [-0.4, -0.2) is 53.0 Å². The largest absolute Gasteiger partial charge is 0.384 e. The maximum Gasteiger partial charge on any atom is 0.144 e. The molecule has 100 valence electrons. The van der Waals surface area contributed by atoms with Crippen LogP contribution in [0.3, 0.4) is 0 Å². The number of hydrogen-bond acceptors (Lipinski definition) is 5. The van der Waals surface area contributed by atoms with Crippen LogP contribution in [0.1, 0.15) is 24.4 Å². The first kappa shape index (κ1) is 13.2. The van der Waals surface area contributed by atoms with E-state index in [1.165, 1.54) is 19.4 Å². The third kappa shape index (κ3) is 3.40. The van der Waals surface area contributed by atoms with Gasteiger partial charge in [0.15, 0.2) is 0 Å². The van der Waals surface area contributed by atoms with Gasteiger partial charge in [-0.25, -0.2) is 9.97 Å². The average Bonchev–Trinajstić information content (AvgIpc) is 2.27. The highest BCUT2D eigenvalue weighted by Gasteiger charge is 2.21. The van der Waals surface area contributed by atoms with Crippen LogP contribution < -0.4 is 5.73 Å². The minimum Gasteiger partial charge on any atom is -0.384 e. The number of nitrogens with two attached hydrogens (primary N) is 1. The fraction of sp³-hybridized carbons (Fsp3) is 0.692. The summed E-state index contributed by atoms with van der Waals surface area (Å²) in [7, 11) is 4.33. The number of piperidine rings is 1. The Kier molecular flexibility index (Phi) is 4.14. The smallest absolute Gasteiger partial charge is 0.144 e. The van der Waals surface area contributed by atoms with Crippen molar-refractivity contribution in [2.24, 2.45) is 0 Å². The number of rotatable bonds is 3. The molecule has 1 aliphatic heterocycles. The molecule has 1 atom stereocenters. The fourth-order valence-corrected chi connectivity index (χ4v) is 2.58. The Balaban J connectivity index is 1.99. The molecule has 5 nitrogen and oxygen atoms in total. The monoisotopic (exact) mass is 249 g/mol. The van der Waals surface area contributed by atoms with Crippen LogP contribution in [0.15, 0.2) is 6.07 Å². The molecule has 0 amide bonds. The topological polar surface area (TPSA) is 58.3 Å². The molecule has 1 aromatic heterocycles. The molecule has 2 N–H and O–H groups in total. The Labute approximate surface area is 109 Å². The van der Waals surface area contributed by atoms with Crippen molar-refractivity contribution < 1.29 is 0 Å². The van der Waals surface area contributed by atoms with Gasteiger partial charge in [0.1, 0.15) is 11.6 Å². The van der Waals surface area contributed by atoms with Crippen molar-refractivity contribution in [3.63, 3.8) is 0 Å². The number of anilines is 1. The molecule has 2 heterocycles. The van der Waals surface area contributed by atoms with Crippen LogP contribution in [-0.2, 0) is 6.54 Å². The summed E-state index contributed by atoms with van der Waals surface area (Å²) in [6, 6.07) is 2.40. The molecule has 0 bridgehead atoms. The van der Waals surface area contributed by atoms with E-state index in [9.17, 15) is 0 Å². The Bertz CT molecular complexity index is 386. The molecule has 0 aliphatic carbocycles. The van der Waals surface area contributed by atoms with Crippen LogP contribution in [0.5, 0.6) is 0 Å². The van der Waals surface area contributed by atoms with Gasteiger partial charge in [-0.15, -0.1) is 0 Å². The lowest BCUT2D eigenvalue weighted by Crippen LogP contribution is -2.44. The molecule has 1 aromatic rings. The summed E-state index contributed by atoms with van der Waals surface area (Å²) < 4.78 is 0. The second kappa shape index (κ2) is 5.63. The average molecular weight is 249 g/mol. The third-order valence-corrected chi connectivity index (χ3v) is 3.53. The first-order valence-corrected chi connectivity index (χ1v) is 6.53. The third-order valence-electron chi connectivity index (χ3n) is 3.53. The lowest BCUT2D eigenvalue weighted by Gasteiger charge is -2.35. The predicted octanol–water partition coefficient (Wildman–Crippen LogP) is 0.893. The molecule has 1 aliphatic rings. The van der Waals surface area contributed by atoms with Gasteiger partial charge in [0, 0.05) is 24.3 Å². The quantitative estimate of drug-likeness (QED) is 0.862. The van der Waals surface area contributed by atoms with Crippen LogP contribution >= 0.6 is 0 Å². The molecular weight excluding hydrogens is 226 g/mol. The molecule has 1 fully saturated rings. The summed E-state index contributed by atoms with van der Waals surface area (Å²) in [4.78, 5) is 13.5. The summed E-state index contributed by atoms with van der Waals surface area (Å²) in [5.41, 5.74) is 6.69. The van der Waals surface area contributed by atoms with E-state index in [4.69, 9.17) is 5.73 Å². The number of likely N-dealkylation sites (N-methyl/N-ethyl adjacent to an activating group) is 2. The minimum atomic E-state index is 0.562. The lowest BCUT2D eigenvalue weighted by atomic mass is 10.1. The number of nitrogens with zero attached hydrogens (tertiary/aromatic N) is 4. The van der Waals surface area contributed by atoms with Crippen molar-refractivity contribution in [3.05, 3.63) is 17.6 Å². The Morgan fingerprint density at radius 3 is 2.94 bits per heavy atom. The van der Waals surface area contributed by atoms with Gasteiger partial charge in [-0.05, 0) is 40.4 Å². The highest BCUT2D eigenvalue weighted by molar-refractivity contribution is 5.29. The molecule has 1 unspecified atom stereocenters. The van der Waals surface area contributed by atoms with Crippen LogP contribution in [0, 0.1) is 6.92 Å². The normalized spacial score (nSPS) is 21.4. The van der Waals surface area contributed by atoms with Gasteiger partial charge in [0.25, 0.3) is 0 Å². The van der Waals surface area contributed by atoms with E-state index in [2.05, 4.69) is 33.9 Å². The second-order valence-electron chi connectivity index (χ2n) is 5.32. The fourth-order valence-electron chi connectivity index (χ4n) is 2.58. The minimum absolute atomic E-state index is 0.562. The predicted molar refractivity (Wildman–Crippen MR) is 73.2 cm³/mol. The van der Waals surface area contributed by atoms with Gasteiger partial charge in [0.05, 0.1) is 6.54 Å². The van der Waals surface area contributed by atoms with Crippen molar-refractivity contribution in [1.29, 1.82) is 0 Å². The van der Waals surface area contributed by atoms with Crippen molar-refractivity contribution in [1.82, 2.24) is 19.8 Å². The number of likely N-dealkylation sites (tertiary alicyclic amines) is 1. The second-order valence-corrected chi connectivity index (χ2v) is 5.32. The van der Waals surface area contributed by atoms with Crippen molar-refractivity contribution in [3.8, 4) is 0 Å². The van der Waals surface area contributed by atoms with Gasteiger partial charge in [-0.3, -0.25) is 4.90 Å². The summed E-state index contributed by atoms with van der Waals surface area (Å²) in [6.07, 6.45) is 2.52. The zero-order valence-electron chi connectivity index (χ0n) is 11.6. The molecule has 0 spiro atoms. The Morgan fingerprint density at radius 2 is 2.28 bits per heavy atom. The molecule has 1 saturated heterocycles. The maximum absolute atomic E-state index is 5.76. The number of aryl methyl sites for hydroxylation is 1. The Hall–Kier alpha value is -1.20. The molecule has 0 saturated carbocycles. The van der Waals surface area contributed by atoms with Crippen LogP contribution in [0.4, 0.5) is 5.82 Å². The molecule has 2 rings (SSSR count). The summed E-state index contributed by atoms with van der Waals surface area (Å²) in [5.74, 6) is 1.38. The highest BCUT2D eigenvalue weighted by atomic mass is 15.2. The number of hydrogen-bond donors (Lipinski definition) is 1. The van der Waals surface area contributed by atoms with Gasteiger partial charge in [0.2, 0.25) is 0 Å². The van der Waals surface area contributed by atoms with Crippen LogP contribution in [0.2, 0.25) is 0 Å². The van der Waals surface area contributed by atoms with Crippen molar-refractivity contribution in [2.75, 3.05) is 32.9 Å². The lowest BCUT2D eigenvalue weighted by molar-refractivity contribution is 0.127. The number of aromatic nitrogens is 2. The van der Waals surface area contributed by atoms with Crippen molar-refractivity contribution in [2.45, 2.75) is 32.4 Å². The van der Waals surface area contributed by atoms with E-state index in [0.29, 0.717) is 11.9 Å². The van der Waals surface area contributed by atoms with Gasteiger partial charge in [-0.2, -0.15) is 0 Å². The van der Waals surface area contributed by atoms with E-state index in [-0.39, 0.29) is 0 Å². The molecule has 5 heteroatoms. The molecular formula is C13H23N5. The molecule has 0 radical (unpaired) electrons. The van der Waals surface area contributed by atoms with Gasteiger partial charge >= 0.3 is 0 Å². The standard InChI is InChI=1S/C13H23N5/c1-10-7-12(14)16-13(15-10)9-18(3)11-5-4-6-17(2)8-11/h7,11H,4-6,8-9H2,1-3H3,(H2,14,15,16). The zero-order chi connectivity index (χ0) is 13.1. The SMILES string of the molecule is Cc1cc(N)nc(CN(C)C2CCCN(C)C2)n1. The first-order valence-electron chi connectivity index (χ1n) is 6.53. The van der Waals surface area contributed by atoms with Crippen molar-refractivity contribution >= 4 is 5.82 Å². The van der Waals surface area contributed by atoms with Gasteiger partial charge < -0.3 is 10.6 Å². The van der Waals surface area contributed by atoms with E-state index in [1.54, 1.807) is 6.07 Å². The Morgan fingerprint density at radius 1 is 1.50 bits per heavy atom. The van der Waals surface area contributed by atoms with E-state index < -0.39 is 0 Å². The zero-order valence-corrected chi connectivity index (χ0v) is 11.6. The molecule has 18 heavy (non-hydrogen) atoms. The molecule has 0 aromatic carbocycles. The number of nitrogen functional groups attached to an aromatic ring is 1. The summed E-state index contributed by atoms with van der Waals surface area (Å²) in [6.45, 7) is 5.05. The summed E-state index contributed by atoms with van der Waals surface area (Å²) >= 11 is 0. The van der Waals surface area contributed by atoms with Gasteiger partial charge in [-0.1, -0.05) is 0 Å². The maximum atomic E-state index is 5.76. The van der Waals surface area contributed by atoms with Crippen LogP contribution in [0.25, 0.3) is 0 Å². The van der Waals surface area contributed by atoms with E-state index in [1.807, 2.05) is 6.92 Å². The summed E-state index contributed by atoms with van der Waals surface area (Å²) in [5, 5.41) is 0. The highest BCUT2D eigenvalue weighted by Crippen LogP contribution is 2.15. The first-order chi connectivity index (χ1) is 8.54.